The summed E-state index contributed by atoms with van der Waals surface area (Å²) in [6, 6.07) is -1.07. The second-order valence-electron chi connectivity index (χ2n) is 6.35. The Kier molecular flexibility index (Phi) is 11.4. The standard InChI is InChI=1S/C17H26N8O7/c18-4-13(27)21-6-14(28)20-2-1-12(26)25-11(3-10-5-19-9-24-10)17(32)23-7-15(29)22-8-16(30)31/h5,9,11H,1-4,6-8,18H2,(H,19,24)(H,20,28)(H,21,27)(H,22,29)(H,23,32)(H,25,26)(H,30,31)/t11-/m0/s1. The molecule has 1 aromatic rings. The Morgan fingerprint density at radius 1 is 0.938 bits per heavy atom. The average molecular weight is 454 g/mol. The highest BCUT2D eigenvalue weighted by Crippen LogP contribution is 1.99. The third-order valence-electron chi connectivity index (χ3n) is 3.79. The highest BCUT2D eigenvalue weighted by atomic mass is 16.4. The Morgan fingerprint density at radius 3 is 2.22 bits per heavy atom. The van der Waals surface area contributed by atoms with Crippen molar-refractivity contribution in [3.8, 4) is 0 Å². The van der Waals surface area contributed by atoms with Gasteiger partial charge in [-0.25, -0.2) is 4.98 Å². The van der Waals surface area contributed by atoms with Crippen molar-refractivity contribution in [1.29, 1.82) is 0 Å². The van der Waals surface area contributed by atoms with Gasteiger partial charge in [-0.1, -0.05) is 0 Å². The van der Waals surface area contributed by atoms with Crippen LogP contribution < -0.4 is 32.3 Å². The van der Waals surface area contributed by atoms with Crippen LogP contribution in [-0.2, 0) is 35.2 Å². The van der Waals surface area contributed by atoms with Crippen LogP contribution in [0.2, 0.25) is 0 Å². The molecule has 0 radical (unpaired) electrons. The predicted octanol–water partition coefficient (Wildman–Crippen LogP) is -4.66. The summed E-state index contributed by atoms with van der Waals surface area (Å²) in [6.07, 6.45) is 2.79. The summed E-state index contributed by atoms with van der Waals surface area (Å²) in [6.45, 7) is -1.66. The van der Waals surface area contributed by atoms with Gasteiger partial charge in [-0.3, -0.25) is 28.8 Å². The van der Waals surface area contributed by atoms with Crippen molar-refractivity contribution in [2.45, 2.75) is 18.9 Å². The molecule has 15 nitrogen and oxygen atoms in total. The minimum absolute atomic E-state index is 0.0231. The lowest BCUT2D eigenvalue weighted by Crippen LogP contribution is -2.50. The number of aromatic nitrogens is 2. The quantitative estimate of drug-likeness (QED) is 0.135. The Bertz CT molecular complexity index is 812. The molecule has 32 heavy (non-hydrogen) atoms. The first kappa shape index (κ1) is 26.0. The van der Waals surface area contributed by atoms with Gasteiger partial charge in [0.05, 0.1) is 31.7 Å². The molecule has 0 aliphatic heterocycles. The van der Waals surface area contributed by atoms with E-state index in [2.05, 4.69) is 36.6 Å². The second-order valence-corrected chi connectivity index (χ2v) is 6.35. The number of aliphatic carboxylic acids is 1. The van der Waals surface area contributed by atoms with Crippen molar-refractivity contribution in [3.63, 3.8) is 0 Å². The van der Waals surface area contributed by atoms with E-state index in [9.17, 15) is 28.8 Å². The van der Waals surface area contributed by atoms with Crippen LogP contribution in [0.1, 0.15) is 12.1 Å². The highest BCUT2D eigenvalue weighted by Gasteiger charge is 2.22. The van der Waals surface area contributed by atoms with Crippen LogP contribution in [0.5, 0.6) is 0 Å². The molecule has 0 aliphatic rings. The largest absolute Gasteiger partial charge is 0.480 e. The number of nitrogens with zero attached hydrogens (tertiary/aromatic N) is 1. The normalized spacial score (nSPS) is 11.0. The number of H-pyrrole nitrogens is 1. The van der Waals surface area contributed by atoms with Gasteiger partial charge in [0.15, 0.2) is 0 Å². The molecule has 0 bridgehead atoms. The van der Waals surface area contributed by atoms with Gasteiger partial charge in [0.25, 0.3) is 0 Å². The molecule has 0 saturated heterocycles. The highest BCUT2D eigenvalue weighted by molar-refractivity contribution is 5.91. The van der Waals surface area contributed by atoms with Crippen LogP contribution in [0.15, 0.2) is 12.5 Å². The molecule has 1 atom stereocenters. The summed E-state index contributed by atoms with van der Waals surface area (Å²) in [5.41, 5.74) is 5.58. The molecule has 9 N–H and O–H groups in total. The van der Waals surface area contributed by atoms with Gasteiger partial charge in [0, 0.05) is 25.6 Å². The number of aromatic amines is 1. The van der Waals surface area contributed by atoms with E-state index in [0.717, 1.165) is 0 Å². The van der Waals surface area contributed by atoms with Crippen LogP contribution in [0.3, 0.4) is 0 Å². The number of carbonyl (C=O) groups excluding carboxylic acids is 5. The molecule has 0 fully saturated rings. The number of hydrogen-bond donors (Lipinski definition) is 8. The zero-order valence-electron chi connectivity index (χ0n) is 17.1. The smallest absolute Gasteiger partial charge is 0.322 e. The molecule has 1 rings (SSSR count). The average Bonchev–Trinajstić information content (AvgIpc) is 3.26. The number of nitrogens with one attached hydrogen (secondary N) is 6. The summed E-state index contributed by atoms with van der Waals surface area (Å²) in [4.78, 5) is 75.9. The minimum Gasteiger partial charge on any atom is -0.480 e. The first-order valence-electron chi connectivity index (χ1n) is 9.48. The number of carboxylic acids is 1. The molecule has 5 amide bonds. The van der Waals surface area contributed by atoms with E-state index in [-0.39, 0.29) is 32.5 Å². The Morgan fingerprint density at radius 2 is 1.59 bits per heavy atom. The predicted molar refractivity (Wildman–Crippen MR) is 108 cm³/mol. The van der Waals surface area contributed by atoms with Gasteiger partial charge in [0.1, 0.15) is 12.6 Å². The zero-order chi connectivity index (χ0) is 23.9. The van der Waals surface area contributed by atoms with Crippen molar-refractivity contribution < 1.29 is 33.9 Å². The van der Waals surface area contributed by atoms with Crippen LogP contribution in [0.25, 0.3) is 0 Å². The van der Waals surface area contributed by atoms with Gasteiger partial charge in [0.2, 0.25) is 29.5 Å². The van der Waals surface area contributed by atoms with Crippen molar-refractivity contribution >= 4 is 35.5 Å². The van der Waals surface area contributed by atoms with Crippen LogP contribution in [0, 0.1) is 0 Å². The van der Waals surface area contributed by atoms with Crippen molar-refractivity contribution in [1.82, 2.24) is 36.6 Å². The van der Waals surface area contributed by atoms with Gasteiger partial charge in [-0.2, -0.15) is 0 Å². The van der Waals surface area contributed by atoms with E-state index in [1.807, 2.05) is 0 Å². The van der Waals surface area contributed by atoms with E-state index in [0.29, 0.717) is 5.69 Å². The number of hydrogen-bond acceptors (Lipinski definition) is 8. The number of carboxylic acid groups (broad SMARTS) is 1. The van der Waals surface area contributed by atoms with E-state index in [1.54, 1.807) is 0 Å². The minimum atomic E-state index is -1.23. The summed E-state index contributed by atoms with van der Waals surface area (Å²) in [5.74, 6) is -4.19. The SMILES string of the molecule is NCC(=O)NCC(=O)NCCC(=O)N[C@@H](Cc1c[nH]cn1)C(=O)NCC(=O)NCC(=O)O. The summed E-state index contributed by atoms with van der Waals surface area (Å²) in [7, 11) is 0. The third-order valence-corrected chi connectivity index (χ3v) is 3.79. The maximum atomic E-state index is 12.4. The number of amides is 5. The van der Waals surface area contributed by atoms with Crippen LogP contribution in [0.4, 0.5) is 0 Å². The van der Waals surface area contributed by atoms with Gasteiger partial charge < -0.3 is 42.4 Å². The fourth-order valence-corrected chi connectivity index (χ4v) is 2.24. The van der Waals surface area contributed by atoms with E-state index in [4.69, 9.17) is 10.8 Å². The summed E-state index contributed by atoms with van der Waals surface area (Å²) in [5, 5.41) is 20.1. The maximum Gasteiger partial charge on any atom is 0.322 e. The lowest BCUT2D eigenvalue weighted by Gasteiger charge is -2.18. The maximum absolute atomic E-state index is 12.4. The molecular weight excluding hydrogens is 428 g/mol. The first-order chi connectivity index (χ1) is 15.2. The van der Waals surface area contributed by atoms with Gasteiger partial charge >= 0.3 is 5.97 Å². The molecule has 0 spiro atoms. The topological polar surface area (TPSA) is 237 Å². The van der Waals surface area contributed by atoms with Gasteiger partial charge in [-0.15, -0.1) is 0 Å². The van der Waals surface area contributed by atoms with Gasteiger partial charge in [-0.05, 0) is 0 Å². The molecule has 0 unspecified atom stereocenters. The molecule has 1 heterocycles. The Balaban J connectivity index is 2.51. The molecule has 15 heteroatoms. The fourth-order valence-electron chi connectivity index (χ4n) is 2.24. The van der Waals surface area contributed by atoms with Crippen LogP contribution in [-0.4, -0.2) is 89.3 Å². The van der Waals surface area contributed by atoms with Crippen LogP contribution >= 0.6 is 0 Å². The Hall–Kier alpha value is -4.01. The third kappa shape index (κ3) is 11.2. The number of rotatable bonds is 14. The first-order valence-corrected chi connectivity index (χ1v) is 9.48. The van der Waals surface area contributed by atoms with Crippen molar-refractivity contribution in [3.05, 3.63) is 18.2 Å². The molecule has 0 aliphatic carbocycles. The monoisotopic (exact) mass is 454 g/mol. The number of imidazole rings is 1. The number of carbonyl (C=O) groups is 6. The second kappa shape index (κ2) is 14.1. The fraction of sp³-hybridized carbons (Fsp3) is 0.471. The molecular formula is C17H26N8O7. The van der Waals surface area contributed by atoms with Crippen molar-refractivity contribution in [2.24, 2.45) is 5.73 Å². The van der Waals surface area contributed by atoms with E-state index in [1.165, 1.54) is 12.5 Å². The van der Waals surface area contributed by atoms with E-state index >= 15 is 0 Å². The lowest BCUT2D eigenvalue weighted by molar-refractivity contribution is -0.138. The molecule has 0 aromatic carbocycles. The summed E-state index contributed by atoms with van der Waals surface area (Å²) < 4.78 is 0. The molecule has 0 saturated carbocycles. The molecule has 176 valence electrons. The molecule has 1 aromatic heterocycles. The number of nitrogens with two attached hydrogens (primary N) is 1. The zero-order valence-corrected chi connectivity index (χ0v) is 17.1. The van der Waals surface area contributed by atoms with E-state index < -0.39 is 54.6 Å². The van der Waals surface area contributed by atoms with Crippen molar-refractivity contribution in [2.75, 3.05) is 32.7 Å². The lowest BCUT2D eigenvalue weighted by atomic mass is 10.1. The Labute approximate surface area is 182 Å². The summed E-state index contributed by atoms with van der Waals surface area (Å²) >= 11 is 0.